The second-order valence-corrected chi connectivity index (χ2v) is 6.17. The third kappa shape index (κ3) is 3.07. The highest BCUT2D eigenvalue weighted by Gasteiger charge is 2.36. The first-order chi connectivity index (χ1) is 12.4. The molecule has 0 saturated carbocycles. The Balaban J connectivity index is 1.68. The molecule has 3 rings (SSSR count). The molecule has 1 unspecified atom stereocenters. The number of halogens is 1. The number of benzene rings is 2. The second-order valence-electron chi connectivity index (χ2n) is 5.77. The summed E-state index contributed by atoms with van der Waals surface area (Å²) in [5, 5.41) is 0.269. The van der Waals surface area contributed by atoms with Gasteiger partial charge in [-0.1, -0.05) is 48.5 Å². The summed E-state index contributed by atoms with van der Waals surface area (Å²) in [5.41, 5.74) is 6.50. The van der Waals surface area contributed by atoms with Crippen molar-refractivity contribution in [3.63, 3.8) is 0 Å². The fourth-order valence-electron chi connectivity index (χ4n) is 2.77. The highest BCUT2D eigenvalue weighted by molar-refractivity contribution is 6.33. The largest absolute Gasteiger partial charge is 0.296 e. The van der Waals surface area contributed by atoms with Crippen molar-refractivity contribution in [2.24, 2.45) is 0 Å². The monoisotopic (exact) mass is 369 g/mol. The third-order valence-corrected chi connectivity index (χ3v) is 4.49. The van der Waals surface area contributed by atoms with Crippen molar-refractivity contribution in [3.05, 3.63) is 76.8 Å². The van der Waals surface area contributed by atoms with Crippen molar-refractivity contribution >= 4 is 35.0 Å². The van der Waals surface area contributed by atoms with Gasteiger partial charge in [-0.05, 0) is 25.1 Å². The van der Waals surface area contributed by atoms with Gasteiger partial charge in [0.25, 0.3) is 17.7 Å². The lowest BCUT2D eigenvalue weighted by Gasteiger charge is -2.24. The summed E-state index contributed by atoms with van der Waals surface area (Å²) in [6, 6.07) is 12.6. The number of hydrogen-bond donors (Lipinski definition) is 2. The average molecular weight is 370 g/mol. The Morgan fingerprint density at radius 3 is 2.31 bits per heavy atom. The number of hydrazine groups is 1. The molecule has 132 valence electrons. The van der Waals surface area contributed by atoms with Crippen LogP contribution in [-0.4, -0.2) is 28.7 Å². The number of fused-ring (bicyclic) bond motifs is 1. The van der Waals surface area contributed by atoms with Gasteiger partial charge in [-0.3, -0.25) is 30.1 Å². The summed E-state index contributed by atoms with van der Waals surface area (Å²) in [4.78, 5) is 38.4. The average Bonchev–Trinajstić information content (AvgIpc) is 2.90. The number of carbonyl (C=O) groups is 3. The Morgan fingerprint density at radius 1 is 1.04 bits per heavy atom. The summed E-state index contributed by atoms with van der Waals surface area (Å²) in [6.07, 6.45) is 0. The summed E-state index contributed by atoms with van der Waals surface area (Å²) < 4.78 is 0. The number of hydrogen-bond acceptors (Lipinski definition) is 3. The lowest BCUT2D eigenvalue weighted by atomic mass is 10.1. The van der Waals surface area contributed by atoms with E-state index in [0.29, 0.717) is 16.8 Å². The topological polar surface area (TPSA) is 78.5 Å². The first-order valence-corrected chi connectivity index (χ1v) is 8.26. The molecule has 1 atom stereocenters. The van der Waals surface area contributed by atoms with Crippen molar-refractivity contribution in [3.8, 4) is 0 Å². The SMILES string of the molecule is C=C1c2ccccc2C(=O)N1C(C)C(=O)NNC(=O)c1ccccc1Cl. The molecule has 1 aliphatic heterocycles. The van der Waals surface area contributed by atoms with Crippen LogP contribution in [0.15, 0.2) is 55.1 Å². The van der Waals surface area contributed by atoms with Crippen molar-refractivity contribution < 1.29 is 14.4 Å². The zero-order valence-electron chi connectivity index (χ0n) is 14.0. The summed E-state index contributed by atoms with van der Waals surface area (Å²) in [6.45, 7) is 5.47. The van der Waals surface area contributed by atoms with Crippen LogP contribution in [0.25, 0.3) is 5.70 Å². The predicted molar refractivity (Wildman–Crippen MR) is 98.2 cm³/mol. The van der Waals surface area contributed by atoms with E-state index in [1.807, 2.05) is 0 Å². The molecule has 1 aliphatic rings. The molecule has 0 saturated heterocycles. The fraction of sp³-hybridized carbons (Fsp3) is 0.105. The Bertz CT molecular complexity index is 891. The van der Waals surface area contributed by atoms with Crippen LogP contribution in [0, 0.1) is 0 Å². The quantitative estimate of drug-likeness (QED) is 0.816. The first kappa shape index (κ1) is 17.7. The van der Waals surface area contributed by atoms with Gasteiger partial charge < -0.3 is 0 Å². The van der Waals surface area contributed by atoms with Gasteiger partial charge in [0.05, 0.1) is 10.6 Å². The van der Waals surface area contributed by atoms with Crippen LogP contribution in [0.4, 0.5) is 0 Å². The van der Waals surface area contributed by atoms with Gasteiger partial charge in [-0.2, -0.15) is 0 Å². The minimum Gasteiger partial charge on any atom is -0.296 e. The minimum absolute atomic E-state index is 0.233. The van der Waals surface area contributed by atoms with E-state index < -0.39 is 17.9 Å². The molecule has 2 aromatic carbocycles. The molecule has 0 aliphatic carbocycles. The molecule has 0 spiro atoms. The molecule has 0 bridgehead atoms. The second kappa shape index (κ2) is 7.01. The molecule has 26 heavy (non-hydrogen) atoms. The zero-order chi connectivity index (χ0) is 18.8. The summed E-state index contributed by atoms with van der Waals surface area (Å²) in [5.74, 6) is -1.40. The van der Waals surface area contributed by atoms with Gasteiger partial charge in [0.2, 0.25) is 0 Å². The molecule has 2 aromatic rings. The third-order valence-electron chi connectivity index (χ3n) is 4.16. The molecule has 7 heteroatoms. The van der Waals surface area contributed by atoms with E-state index in [0.717, 1.165) is 0 Å². The van der Waals surface area contributed by atoms with Crippen LogP contribution in [0.3, 0.4) is 0 Å². The number of amides is 3. The number of nitrogens with one attached hydrogen (secondary N) is 2. The molecule has 6 nitrogen and oxygen atoms in total. The fourth-order valence-corrected chi connectivity index (χ4v) is 2.99. The van der Waals surface area contributed by atoms with Crippen LogP contribution in [0.1, 0.15) is 33.2 Å². The van der Waals surface area contributed by atoms with Crippen molar-refractivity contribution in [2.45, 2.75) is 13.0 Å². The normalized spacial score (nSPS) is 14.0. The van der Waals surface area contributed by atoms with E-state index >= 15 is 0 Å². The van der Waals surface area contributed by atoms with Crippen LogP contribution in [0.2, 0.25) is 5.02 Å². The van der Waals surface area contributed by atoms with E-state index in [1.54, 1.807) is 49.4 Å². The standard InChI is InChI=1S/C19H16ClN3O3/c1-11-13-7-3-4-8-14(13)19(26)23(11)12(2)17(24)21-22-18(25)15-9-5-6-10-16(15)20/h3-10,12H,1H2,2H3,(H,21,24)(H,22,25). The van der Waals surface area contributed by atoms with E-state index in [1.165, 1.54) is 11.0 Å². The molecule has 0 fully saturated rings. The maximum absolute atomic E-state index is 12.5. The molecule has 2 N–H and O–H groups in total. The maximum Gasteiger partial charge on any atom is 0.271 e. The zero-order valence-corrected chi connectivity index (χ0v) is 14.7. The van der Waals surface area contributed by atoms with Crippen molar-refractivity contribution in [2.75, 3.05) is 0 Å². The van der Waals surface area contributed by atoms with Crippen LogP contribution in [-0.2, 0) is 4.79 Å². The lowest BCUT2D eigenvalue weighted by molar-refractivity contribution is -0.125. The van der Waals surface area contributed by atoms with E-state index in [2.05, 4.69) is 17.4 Å². The Hall–Kier alpha value is -3.12. The molecule has 0 radical (unpaired) electrons. The number of carbonyl (C=O) groups excluding carboxylic acids is 3. The van der Waals surface area contributed by atoms with E-state index in [4.69, 9.17) is 11.6 Å². The Kier molecular flexibility index (Phi) is 4.77. The Labute approximate surface area is 155 Å². The number of nitrogens with zero attached hydrogens (tertiary/aromatic N) is 1. The highest BCUT2D eigenvalue weighted by Crippen LogP contribution is 2.32. The van der Waals surface area contributed by atoms with Crippen LogP contribution >= 0.6 is 11.6 Å². The van der Waals surface area contributed by atoms with Gasteiger partial charge in [0.15, 0.2) is 0 Å². The summed E-state index contributed by atoms with van der Waals surface area (Å²) in [7, 11) is 0. The smallest absolute Gasteiger partial charge is 0.271 e. The first-order valence-electron chi connectivity index (χ1n) is 7.88. The lowest BCUT2D eigenvalue weighted by Crippen LogP contribution is -2.51. The highest BCUT2D eigenvalue weighted by atomic mass is 35.5. The van der Waals surface area contributed by atoms with Gasteiger partial charge >= 0.3 is 0 Å². The van der Waals surface area contributed by atoms with Crippen LogP contribution < -0.4 is 10.9 Å². The molecular weight excluding hydrogens is 354 g/mol. The van der Waals surface area contributed by atoms with Gasteiger partial charge in [-0.15, -0.1) is 0 Å². The minimum atomic E-state index is -0.853. The van der Waals surface area contributed by atoms with E-state index in [9.17, 15) is 14.4 Å². The van der Waals surface area contributed by atoms with Gasteiger partial charge in [0, 0.05) is 16.8 Å². The van der Waals surface area contributed by atoms with E-state index in [-0.39, 0.29) is 16.5 Å². The molecule has 1 heterocycles. The van der Waals surface area contributed by atoms with Crippen LogP contribution in [0.5, 0.6) is 0 Å². The number of rotatable bonds is 3. The summed E-state index contributed by atoms with van der Waals surface area (Å²) >= 11 is 5.95. The van der Waals surface area contributed by atoms with Crippen molar-refractivity contribution in [1.29, 1.82) is 0 Å². The Morgan fingerprint density at radius 2 is 1.65 bits per heavy atom. The molecule has 3 amide bonds. The molecular formula is C19H16ClN3O3. The molecule has 0 aromatic heterocycles. The van der Waals surface area contributed by atoms with Gasteiger partial charge in [-0.25, -0.2) is 0 Å². The maximum atomic E-state index is 12.5. The van der Waals surface area contributed by atoms with Gasteiger partial charge in [0.1, 0.15) is 6.04 Å². The predicted octanol–water partition coefficient (Wildman–Crippen LogP) is 2.62. The van der Waals surface area contributed by atoms with Crippen molar-refractivity contribution in [1.82, 2.24) is 15.8 Å².